The Labute approximate surface area is 149 Å². The standard InChI is InChI=1S/C18H24N2O4S/c1-19(2)13-15(21)14-20(17-11-7-8-12-18(17)24-3)25(22,23)16-9-5-4-6-10-16/h4-12,15,21H,13-14H2,1-3H3/t15-/m0/s1. The third kappa shape index (κ3) is 4.72. The lowest BCUT2D eigenvalue weighted by Crippen LogP contribution is -2.41. The molecule has 0 unspecified atom stereocenters. The van der Waals surface area contributed by atoms with Gasteiger partial charge in [0.15, 0.2) is 0 Å². The molecule has 0 aliphatic rings. The quantitative estimate of drug-likeness (QED) is 0.774. The van der Waals surface area contributed by atoms with E-state index < -0.39 is 16.1 Å². The normalized spacial score (nSPS) is 12.8. The number of anilines is 1. The van der Waals surface area contributed by atoms with Gasteiger partial charge in [0, 0.05) is 6.54 Å². The highest BCUT2D eigenvalue weighted by atomic mass is 32.2. The molecule has 2 aromatic carbocycles. The lowest BCUT2D eigenvalue weighted by atomic mass is 10.2. The summed E-state index contributed by atoms with van der Waals surface area (Å²) in [4.78, 5) is 1.97. The molecule has 0 aliphatic heterocycles. The van der Waals surface area contributed by atoms with Crippen molar-refractivity contribution in [2.45, 2.75) is 11.0 Å². The van der Waals surface area contributed by atoms with Crippen molar-refractivity contribution >= 4 is 15.7 Å². The summed E-state index contributed by atoms with van der Waals surface area (Å²) in [6.45, 7) is 0.270. The number of aliphatic hydroxyl groups is 1. The van der Waals surface area contributed by atoms with E-state index in [4.69, 9.17) is 4.74 Å². The zero-order chi connectivity index (χ0) is 18.4. The first-order chi connectivity index (χ1) is 11.9. The van der Waals surface area contributed by atoms with Crippen molar-refractivity contribution in [3.63, 3.8) is 0 Å². The SMILES string of the molecule is COc1ccccc1N(C[C@@H](O)CN(C)C)S(=O)(=O)c1ccccc1. The van der Waals surface area contributed by atoms with Gasteiger partial charge in [-0.15, -0.1) is 0 Å². The van der Waals surface area contributed by atoms with Crippen LogP contribution in [0.1, 0.15) is 0 Å². The Balaban J connectivity index is 2.49. The molecule has 0 aromatic heterocycles. The van der Waals surface area contributed by atoms with Crippen LogP contribution in [0.4, 0.5) is 5.69 Å². The smallest absolute Gasteiger partial charge is 0.264 e. The number of methoxy groups -OCH3 is 1. The maximum absolute atomic E-state index is 13.2. The van der Waals surface area contributed by atoms with Crippen molar-refractivity contribution in [1.29, 1.82) is 0 Å². The summed E-state index contributed by atoms with van der Waals surface area (Å²) < 4.78 is 32.9. The van der Waals surface area contributed by atoms with Gasteiger partial charge in [-0.25, -0.2) is 8.42 Å². The topological polar surface area (TPSA) is 70.1 Å². The number of likely N-dealkylation sites (N-methyl/N-ethyl adjacent to an activating group) is 1. The molecule has 2 aromatic rings. The molecule has 0 amide bonds. The summed E-state index contributed by atoms with van der Waals surface area (Å²) in [7, 11) is 1.29. The Bertz CT molecular complexity index is 779. The van der Waals surface area contributed by atoms with Gasteiger partial charge in [0.2, 0.25) is 0 Å². The number of aliphatic hydroxyl groups excluding tert-OH is 1. The lowest BCUT2D eigenvalue weighted by molar-refractivity contribution is 0.145. The molecule has 6 nitrogen and oxygen atoms in total. The predicted octanol–water partition coefficient (Wildman–Crippen LogP) is 1.81. The van der Waals surface area contributed by atoms with E-state index in [1.807, 2.05) is 14.1 Å². The van der Waals surface area contributed by atoms with Gasteiger partial charge in [-0.05, 0) is 38.4 Å². The molecule has 2 rings (SSSR count). The van der Waals surface area contributed by atoms with E-state index in [-0.39, 0.29) is 11.4 Å². The average Bonchev–Trinajstić information content (AvgIpc) is 2.59. The van der Waals surface area contributed by atoms with Gasteiger partial charge in [0.25, 0.3) is 10.0 Å². The minimum atomic E-state index is -3.84. The molecule has 1 N–H and O–H groups in total. The van der Waals surface area contributed by atoms with Crippen LogP contribution in [0.2, 0.25) is 0 Å². The maximum atomic E-state index is 13.2. The minimum absolute atomic E-state index is 0.0736. The van der Waals surface area contributed by atoms with E-state index >= 15 is 0 Å². The van der Waals surface area contributed by atoms with E-state index in [1.165, 1.54) is 23.5 Å². The lowest BCUT2D eigenvalue weighted by Gasteiger charge is -2.29. The van der Waals surface area contributed by atoms with E-state index in [9.17, 15) is 13.5 Å². The summed E-state index contributed by atoms with van der Waals surface area (Å²) in [6, 6.07) is 15.0. The van der Waals surface area contributed by atoms with Gasteiger partial charge in [-0.2, -0.15) is 0 Å². The zero-order valence-corrected chi connectivity index (χ0v) is 15.5. The fourth-order valence-electron chi connectivity index (χ4n) is 2.55. The van der Waals surface area contributed by atoms with Crippen molar-refractivity contribution in [1.82, 2.24) is 4.90 Å². The predicted molar refractivity (Wildman–Crippen MR) is 98.5 cm³/mol. The summed E-state index contributed by atoms with van der Waals surface area (Å²) in [5.41, 5.74) is 0.395. The van der Waals surface area contributed by atoms with Crippen molar-refractivity contribution < 1.29 is 18.3 Å². The number of hydrogen-bond donors (Lipinski definition) is 1. The Morgan fingerprint density at radius 1 is 1.00 bits per heavy atom. The molecule has 25 heavy (non-hydrogen) atoms. The largest absolute Gasteiger partial charge is 0.495 e. The number of para-hydroxylation sites is 2. The Hall–Kier alpha value is -2.09. The molecule has 0 aliphatic carbocycles. The molecule has 0 spiro atoms. The second-order valence-corrected chi connectivity index (χ2v) is 7.80. The van der Waals surface area contributed by atoms with Gasteiger partial charge < -0.3 is 14.7 Å². The highest BCUT2D eigenvalue weighted by Crippen LogP contribution is 2.32. The van der Waals surface area contributed by atoms with Gasteiger partial charge in [0.1, 0.15) is 5.75 Å². The van der Waals surface area contributed by atoms with Crippen molar-refractivity contribution in [3.8, 4) is 5.75 Å². The van der Waals surface area contributed by atoms with Crippen LogP contribution >= 0.6 is 0 Å². The van der Waals surface area contributed by atoms with Crippen molar-refractivity contribution in [3.05, 3.63) is 54.6 Å². The molecule has 7 heteroatoms. The number of hydrogen-bond acceptors (Lipinski definition) is 5. The summed E-state index contributed by atoms with van der Waals surface area (Å²) in [6.07, 6.45) is -0.849. The molecular weight excluding hydrogens is 340 g/mol. The average molecular weight is 364 g/mol. The van der Waals surface area contributed by atoms with E-state index in [0.717, 1.165) is 0 Å². The van der Waals surface area contributed by atoms with Crippen molar-refractivity contribution in [2.75, 3.05) is 38.6 Å². The summed E-state index contributed by atoms with van der Waals surface area (Å²) >= 11 is 0. The molecule has 0 heterocycles. The minimum Gasteiger partial charge on any atom is -0.495 e. The van der Waals surface area contributed by atoms with Crippen LogP contribution in [0.25, 0.3) is 0 Å². The van der Waals surface area contributed by atoms with Crippen LogP contribution in [-0.4, -0.2) is 58.8 Å². The second kappa shape index (κ2) is 8.33. The second-order valence-electron chi connectivity index (χ2n) is 5.94. The molecule has 136 valence electrons. The third-order valence-electron chi connectivity index (χ3n) is 3.64. The highest BCUT2D eigenvalue weighted by Gasteiger charge is 2.29. The van der Waals surface area contributed by atoms with Crippen molar-refractivity contribution in [2.24, 2.45) is 0 Å². The van der Waals surface area contributed by atoms with Gasteiger partial charge in [0.05, 0.1) is 30.3 Å². The van der Waals surface area contributed by atoms with Crippen LogP contribution in [0.5, 0.6) is 5.75 Å². The Morgan fingerprint density at radius 3 is 2.20 bits per heavy atom. The highest BCUT2D eigenvalue weighted by molar-refractivity contribution is 7.92. The molecular formula is C18H24N2O4S. The summed E-state index contributed by atoms with van der Waals surface area (Å²) in [5, 5.41) is 10.3. The fraction of sp³-hybridized carbons (Fsp3) is 0.333. The maximum Gasteiger partial charge on any atom is 0.264 e. The first-order valence-electron chi connectivity index (χ1n) is 7.90. The van der Waals surface area contributed by atoms with E-state index in [1.54, 1.807) is 47.4 Å². The zero-order valence-electron chi connectivity index (χ0n) is 14.7. The van der Waals surface area contributed by atoms with Crippen LogP contribution < -0.4 is 9.04 Å². The number of ether oxygens (including phenoxy) is 1. The molecule has 0 bridgehead atoms. The molecule has 0 fully saturated rings. The molecule has 0 saturated carbocycles. The van der Waals surface area contributed by atoms with Crippen LogP contribution in [0.3, 0.4) is 0 Å². The molecule has 0 saturated heterocycles. The van der Waals surface area contributed by atoms with Crippen LogP contribution in [-0.2, 0) is 10.0 Å². The number of rotatable bonds is 8. The summed E-state index contributed by atoms with van der Waals surface area (Å²) in [5.74, 6) is 0.430. The molecule has 0 radical (unpaired) electrons. The Morgan fingerprint density at radius 2 is 1.60 bits per heavy atom. The van der Waals surface area contributed by atoms with Crippen LogP contribution in [0.15, 0.2) is 59.5 Å². The fourth-order valence-corrected chi connectivity index (χ4v) is 4.09. The Kier molecular flexibility index (Phi) is 6.41. The van der Waals surface area contributed by atoms with E-state index in [0.29, 0.717) is 18.0 Å². The number of nitrogens with zero attached hydrogens (tertiary/aromatic N) is 2. The van der Waals surface area contributed by atoms with Crippen LogP contribution in [0, 0.1) is 0 Å². The van der Waals surface area contributed by atoms with Gasteiger partial charge in [-0.3, -0.25) is 4.31 Å². The van der Waals surface area contributed by atoms with E-state index in [2.05, 4.69) is 0 Å². The monoisotopic (exact) mass is 364 g/mol. The first-order valence-corrected chi connectivity index (χ1v) is 9.34. The number of benzene rings is 2. The first kappa shape index (κ1) is 19.2. The van der Waals surface area contributed by atoms with Gasteiger partial charge in [-0.1, -0.05) is 30.3 Å². The molecule has 1 atom stereocenters. The van der Waals surface area contributed by atoms with Gasteiger partial charge >= 0.3 is 0 Å². The third-order valence-corrected chi connectivity index (χ3v) is 5.43. The number of sulfonamides is 1.